The molecular formula is C24H24ClN3O3S. The van der Waals surface area contributed by atoms with Crippen molar-refractivity contribution >= 4 is 40.6 Å². The SMILES string of the molecule is CN(C)Cc1ccccc1-c1ccc(N2CC(NC(=O)Oc3ccc(Cl)s3)CC2=O)cc1. The summed E-state index contributed by atoms with van der Waals surface area (Å²) in [5, 5.41) is 3.18. The Labute approximate surface area is 196 Å². The first-order chi connectivity index (χ1) is 15.4. The molecule has 1 unspecified atom stereocenters. The minimum Gasteiger partial charge on any atom is -0.399 e. The van der Waals surface area contributed by atoms with Gasteiger partial charge >= 0.3 is 6.09 Å². The number of nitrogens with zero attached hydrogens (tertiary/aromatic N) is 2. The first-order valence-electron chi connectivity index (χ1n) is 10.3. The highest BCUT2D eigenvalue weighted by Crippen LogP contribution is 2.30. The molecule has 2 aromatic carbocycles. The van der Waals surface area contributed by atoms with E-state index < -0.39 is 6.09 Å². The van der Waals surface area contributed by atoms with Gasteiger partial charge in [0.15, 0.2) is 5.06 Å². The van der Waals surface area contributed by atoms with E-state index in [9.17, 15) is 9.59 Å². The van der Waals surface area contributed by atoms with Crippen LogP contribution in [0, 0.1) is 0 Å². The number of carbonyl (C=O) groups excluding carboxylic acids is 2. The summed E-state index contributed by atoms with van der Waals surface area (Å²) in [6, 6.07) is 19.3. The second-order valence-electron chi connectivity index (χ2n) is 7.94. The van der Waals surface area contributed by atoms with E-state index in [0.29, 0.717) is 15.9 Å². The molecule has 0 aliphatic carbocycles. The summed E-state index contributed by atoms with van der Waals surface area (Å²) in [4.78, 5) is 28.5. The predicted octanol–water partition coefficient (Wildman–Crippen LogP) is 5.02. The minimum absolute atomic E-state index is 0.0322. The van der Waals surface area contributed by atoms with Crippen LogP contribution in [0.1, 0.15) is 12.0 Å². The van der Waals surface area contributed by atoms with Crippen LogP contribution in [0.3, 0.4) is 0 Å². The molecule has 1 N–H and O–H groups in total. The fraction of sp³-hybridized carbons (Fsp3) is 0.250. The Balaban J connectivity index is 1.41. The molecule has 8 heteroatoms. The third kappa shape index (κ3) is 5.30. The van der Waals surface area contributed by atoms with Crippen molar-refractivity contribution in [3.63, 3.8) is 0 Å². The van der Waals surface area contributed by atoms with Gasteiger partial charge in [0.1, 0.15) is 0 Å². The van der Waals surface area contributed by atoms with E-state index >= 15 is 0 Å². The molecular weight excluding hydrogens is 446 g/mol. The normalized spacial score (nSPS) is 15.9. The molecule has 0 spiro atoms. The Morgan fingerprint density at radius 3 is 2.59 bits per heavy atom. The van der Waals surface area contributed by atoms with Crippen molar-refractivity contribution in [2.75, 3.05) is 25.5 Å². The second-order valence-corrected chi connectivity index (χ2v) is 9.62. The van der Waals surface area contributed by atoms with Gasteiger partial charge in [0.2, 0.25) is 5.91 Å². The van der Waals surface area contributed by atoms with Crippen LogP contribution in [-0.4, -0.2) is 43.6 Å². The van der Waals surface area contributed by atoms with E-state index in [-0.39, 0.29) is 18.4 Å². The number of anilines is 1. The Hall–Kier alpha value is -2.87. The van der Waals surface area contributed by atoms with Crippen molar-refractivity contribution in [3.8, 4) is 16.2 Å². The predicted molar refractivity (Wildman–Crippen MR) is 129 cm³/mol. The largest absolute Gasteiger partial charge is 0.413 e. The Kier molecular flexibility index (Phi) is 6.79. The molecule has 1 atom stereocenters. The zero-order valence-corrected chi connectivity index (χ0v) is 19.4. The van der Waals surface area contributed by atoms with Gasteiger partial charge < -0.3 is 19.9 Å². The van der Waals surface area contributed by atoms with Gasteiger partial charge in [0.05, 0.1) is 10.4 Å². The minimum atomic E-state index is -0.587. The topological polar surface area (TPSA) is 61.9 Å². The molecule has 1 aromatic heterocycles. The molecule has 1 aliphatic heterocycles. The van der Waals surface area contributed by atoms with Gasteiger partial charge in [-0.2, -0.15) is 0 Å². The van der Waals surface area contributed by atoms with E-state index in [1.165, 1.54) is 22.5 Å². The molecule has 1 fully saturated rings. The molecule has 4 rings (SSSR count). The van der Waals surface area contributed by atoms with Crippen molar-refractivity contribution in [2.24, 2.45) is 0 Å². The van der Waals surface area contributed by atoms with E-state index in [2.05, 4.69) is 36.4 Å². The highest BCUT2D eigenvalue weighted by Gasteiger charge is 2.32. The van der Waals surface area contributed by atoms with Gasteiger partial charge in [-0.05, 0) is 55.1 Å². The van der Waals surface area contributed by atoms with Crippen molar-refractivity contribution in [1.82, 2.24) is 10.2 Å². The monoisotopic (exact) mass is 469 g/mol. The van der Waals surface area contributed by atoms with E-state index in [1.807, 2.05) is 36.4 Å². The van der Waals surface area contributed by atoms with Crippen LogP contribution in [0.25, 0.3) is 11.1 Å². The maximum Gasteiger partial charge on any atom is 0.413 e. The van der Waals surface area contributed by atoms with Crippen LogP contribution in [-0.2, 0) is 11.3 Å². The fourth-order valence-corrected chi connectivity index (χ4v) is 4.67. The molecule has 2 amide bonds. The summed E-state index contributed by atoms with van der Waals surface area (Å²) < 4.78 is 5.77. The van der Waals surface area contributed by atoms with Crippen molar-refractivity contribution in [2.45, 2.75) is 19.0 Å². The van der Waals surface area contributed by atoms with E-state index in [4.69, 9.17) is 16.3 Å². The molecule has 0 radical (unpaired) electrons. The van der Waals surface area contributed by atoms with Crippen molar-refractivity contribution < 1.29 is 14.3 Å². The highest BCUT2D eigenvalue weighted by atomic mass is 35.5. The summed E-state index contributed by atoms with van der Waals surface area (Å²) in [5.74, 6) is -0.0322. The Bertz CT molecular complexity index is 1110. The zero-order valence-electron chi connectivity index (χ0n) is 17.9. The first-order valence-corrected chi connectivity index (χ1v) is 11.5. The number of amides is 2. The fourth-order valence-electron chi connectivity index (χ4n) is 3.80. The summed E-state index contributed by atoms with van der Waals surface area (Å²) in [7, 11) is 4.10. The van der Waals surface area contributed by atoms with Gasteiger partial charge in [-0.15, -0.1) is 0 Å². The molecule has 32 heavy (non-hydrogen) atoms. The number of rotatable bonds is 6. The van der Waals surface area contributed by atoms with E-state index in [1.54, 1.807) is 17.0 Å². The Morgan fingerprint density at radius 2 is 1.91 bits per heavy atom. The maximum absolute atomic E-state index is 12.6. The number of nitrogens with one attached hydrogen (secondary N) is 1. The number of hydrogen-bond donors (Lipinski definition) is 1. The van der Waals surface area contributed by atoms with E-state index in [0.717, 1.165) is 17.8 Å². The molecule has 3 aromatic rings. The van der Waals surface area contributed by atoms with Crippen LogP contribution in [0.4, 0.5) is 10.5 Å². The summed E-state index contributed by atoms with van der Waals surface area (Å²) in [6.07, 6.45) is -0.357. The summed E-state index contributed by atoms with van der Waals surface area (Å²) >= 11 is 7.03. The van der Waals surface area contributed by atoms with Crippen LogP contribution >= 0.6 is 22.9 Å². The average Bonchev–Trinajstić information content (AvgIpc) is 3.32. The third-order valence-electron chi connectivity index (χ3n) is 5.18. The number of hydrogen-bond acceptors (Lipinski definition) is 5. The zero-order chi connectivity index (χ0) is 22.7. The van der Waals surface area contributed by atoms with Crippen molar-refractivity contribution in [3.05, 3.63) is 70.6 Å². The van der Waals surface area contributed by atoms with Crippen LogP contribution in [0.5, 0.6) is 5.06 Å². The highest BCUT2D eigenvalue weighted by molar-refractivity contribution is 7.17. The molecule has 2 heterocycles. The van der Waals surface area contributed by atoms with Gasteiger partial charge in [-0.1, -0.05) is 59.3 Å². The smallest absolute Gasteiger partial charge is 0.399 e. The Morgan fingerprint density at radius 1 is 1.16 bits per heavy atom. The lowest BCUT2D eigenvalue weighted by Crippen LogP contribution is -2.38. The maximum atomic E-state index is 12.6. The summed E-state index contributed by atoms with van der Waals surface area (Å²) in [5.41, 5.74) is 4.34. The van der Waals surface area contributed by atoms with Gasteiger partial charge in [-0.3, -0.25) is 4.79 Å². The molecule has 0 saturated carbocycles. The number of carbonyl (C=O) groups is 2. The standard InChI is InChI=1S/C24H24ClN3O3S/c1-27(2)14-17-5-3-4-6-20(17)16-7-9-19(10-8-16)28-15-18(13-22(28)29)26-24(30)31-23-12-11-21(25)32-23/h3-12,18H,13-15H2,1-2H3,(H,26,30). The second kappa shape index (κ2) is 9.73. The number of ether oxygens (including phenoxy) is 1. The molecule has 0 bridgehead atoms. The third-order valence-corrected chi connectivity index (χ3v) is 6.29. The lowest BCUT2D eigenvalue weighted by Gasteiger charge is -2.18. The molecule has 1 saturated heterocycles. The van der Waals surface area contributed by atoms with Crippen LogP contribution in [0.2, 0.25) is 4.34 Å². The number of thiophene rings is 1. The first kappa shape index (κ1) is 22.3. The van der Waals surface area contributed by atoms with Gasteiger partial charge in [-0.25, -0.2) is 4.79 Å². The number of benzene rings is 2. The number of halogens is 1. The van der Waals surface area contributed by atoms with Crippen LogP contribution < -0.4 is 15.0 Å². The molecule has 166 valence electrons. The molecule has 6 nitrogen and oxygen atoms in total. The lowest BCUT2D eigenvalue weighted by molar-refractivity contribution is -0.117. The summed E-state index contributed by atoms with van der Waals surface area (Å²) in [6.45, 7) is 1.25. The average molecular weight is 470 g/mol. The van der Waals surface area contributed by atoms with Crippen molar-refractivity contribution in [1.29, 1.82) is 0 Å². The lowest BCUT2D eigenvalue weighted by atomic mass is 9.99. The van der Waals surface area contributed by atoms with Gasteiger partial charge in [0.25, 0.3) is 0 Å². The molecule has 1 aliphatic rings. The van der Waals surface area contributed by atoms with Gasteiger partial charge in [0, 0.05) is 25.2 Å². The quantitative estimate of drug-likeness (QED) is 0.550. The van der Waals surface area contributed by atoms with Crippen LogP contribution in [0.15, 0.2) is 60.7 Å².